The second-order valence-electron chi connectivity index (χ2n) is 6.50. The maximum Gasteiger partial charge on any atom is 0.138 e. The van der Waals surface area contributed by atoms with Crippen LogP contribution in [0.1, 0.15) is 39.4 Å². The van der Waals surface area contributed by atoms with Gasteiger partial charge < -0.3 is 16.0 Å². The Kier molecular flexibility index (Phi) is 3.94. The number of nitrogens with zero attached hydrogens (tertiary/aromatic N) is 3. The quantitative estimate of drug-likeness (QED) is 0.852. The van der Waals surface area contributed by atoms with Gasteiger partial charge in [-0.2, -0.15) is 0 Å². The number of nitrogens with two attached hydrogens (primary N) is 1. The van der Waals surface area contributed by atoms with Crippen LogP contribution in [0.15, 0.2) is 6.07 Å². The molecule has 2 heterocycles. The van der Waals surface area contributed by atoms with Crippen LogP contribution in [0.3, 0.4) is 0 Å². The lowest BCUT2D eigenvalue weighted by Crippen LogP contribution is -2.40. The van der Waals surface area contributed by atoms with Crippen LogP contribution in [0, 0.1) is 0 Å². The van der Waals surface area contributed by atoms with Crippen LogP contribution in [0.4, 0.5) is 11.6 Å². The number of likely N-dealkylation sites (N-methyl/N-ethyl adjacent to an activating group) is 1. The highest BCUT2D eigenvalue weighted by Gasteiger charge is 2.21. The molecule has 1 aromatic heterocycles. The van der Waals surface area contributed by atoms with Gasteiger partial charge in [-0.05, 0) is 26.4 Å². The molecule has 1 fully saturated rings. The molecule has 0 spiro atoms. The largest absolute Gasteiger partial charge is 0.384 e. The zero-order valence-electron chi connectivity index (χ0n) is 12.4. The molecule has 5 heteroatoms. The molecule has 0 radical (unpaired) electrons. The van der Waals surface area contributed by atoms with Gasteiger partial charge in [0.2, 0.25) is 0 Å². The molecule has 5 nitrogen and oxygen atoms in total. The maximum atomic E-state index is 5.89. The highest BCUT2D eigenvalue weighted by molar-refractivity contribution is 5.46. The van der Waals surface area contributed by atoms with Crippen molar-refractivity contribution in [1.82, 2.24) is 14.9 Å². The molecular formula is C14H25N5. The van der Waals surface area contributed by atoms with E-state index < -0.39 is 0 Å². The van der Waals surface area contributed by atoms with Gasteiger partial charge in [-0.25, -0.2) is 9.97 Å². The number of piperidine rings is 1. The van der Waals surface area contributed by atoms with E-state index in [4.69, 9.17) is 5.73 Å². The van der Waals surface area contributed by atoms with Crippen LogP contribution in [0.5, 0.6) is 0 Å². The number of hydrogen-bond donors (Lipinski definition) is 2. The molecule has 1 aliphatic heterocycles. The Hall–Kier alpha value is -1.36. The van der Waals surface area contributed by atoms with E-state index in [1.807, 2.05) is 6.07 Å². The zero-order valence-corrected chi connectivity index (χ0v) is 12.4. The third-order valence-electron chi connectivity index (χ3n) is 3.39. The van der Waals surface area contributed by atoms with Crippen LogP contribution in [-0.2, 0) is 5.41 Å². The van der Waals surface area contributed by atoms with E-state index in [2.05, 4.69) is 48.0 Å². The first kappa shape index (κ1) is 14.1. The lowest BCUT2D eigenvalue weighted by molar-refractivity contribution is 0.260. The van der Waals surface area contributed by atoms with Crippen LogP contribution in [0.2, 0.25) is 0 Å². The molecule has 0 saturated carbocycles. The zero-order chi connectivity index (χ0) is 14.0. The number of nitrogens with one attached hydrogen (secondary N) is 1. The predicted molar refractivity (Wildman–Crippen MR) is 79.3 cm³/mol. The second-order valence-corrected chi connectivity index (χ2v) is 6.50. The van der Waals surface area contributed by atoms with Gasteiger partial charge >= 0.3 is 0 Å². The molecule has 1 atom stereocenters. The van der Waals surface area contributed by atoms with Crippen molar-refractivity contribution in [3.8, 4) is 0 Å². The summed E-state index contributed by atoms with van der Waals surface area (Å²) in [5, 5.41) is 3.49. The monoisotopic (exact) mass is 263 g/mol. The molecule has 1 aromatic rings. The van der Waals surface area contributed by atoms with E-state index >= 15 is 0 Å². The summed E-state index contributed by atoms with van der Waals surface area (Å²) >= 11 is 0. The Balaban J connectivity index is 2.14. The highest BCUT2D eigenvalue weighted by atomic mass is 15.2. The van der Waals surface area contributed by atoms with Gasteiger partial charge in [-0.15, -0.1) is 0 Å². The third-order valence-corrected chi connectivity index (χ3v) is 3.39. The summed E-state index contributed by atoms with van der Waals surface area (Å²) in [6, 6.07) is 2.27. The van der Waals surface area contributed by atoms with Crippen molar-refractivity contribution < 1.29 is 0 Å². The minimum Gasteiger partial charge on any atom is -0.384 e. The Morgan fingerprint density at radius 3 is 2.74 bits per heavy atom. The molecule has 1 aliphatic rings. The fraction of sp³-hybridized carbons (Fsp3) is 0.714. The topological polar surface area (TPSA) is 67.1 Å². The Morgan fingerprint density at radius 2 is 2.11 bits per heavy atom. The minimum absolute atomic E-state index is 0.0881. The fourth-order valence-electron chi connectivity index (χ4n) is 2.37. The smallest absolute Gasteiger partial charge is 0.138 e. The van der Waals surface area contributed by atoms with Gasteiger partial charge in [0, 0.05) is 24.1 Å². The molecule has 0 aliphatic carbocycles. The SMILES string of the molecule is CN1CCCC(Nc2cc(N)nc(C(C)(C)C)n2)C1. The highest BCUT2D eigenvalue weighted by Crippen LogP contribution is 2.22. The number of nitrogen functional groups attached to an aromatic ring is 1. The number of anilines is 2. The first-order valence-electron chi connectivity index (χ1n) is 6.95. The summed E-state index contributed by atoms with van der Waals surface area (Å²) in [4.78, 5) is 11.3. The van der Waals surface area contributed by atoms with E-state index in [1.54, 1.807) is 0 Å². The van der Waals surface area contributed by atoms with Crippen molar-refractivity contribution in [3.05, 3.63) is 11.9 Å². The first-order valence-corrected chi connectivity index (χ1v) is 6.95. The molecule has 1 unspecified atom stereocenters. The van der Waals surface area contributed by atoms with Crippen LogP contribution >= 0.6 is 0 Å². The molecule has 0 bridgehead atoms. The average Bonchev–Trinajstić information content (AvgIpc) is 2.26. The second kappa shape index (κ2) is 5.33. The number of likely N-dealkylation sites (tertiary alicyclic amines) is 1. The summed E-state index contributed by atoms with van der Waals surface area (Å²) in [5.41, 5.74) is 5.80. The molecule has 106 valence electrons. The van der Waals surface area contributed by atoms with Crippen LogP contribution in [0.25, 0.3) is 0 Å². The standard InChI is InChI=1S/C14H25N5/c1-14(2,3)13-17-11(15)8-12(18-13)16-10-6-5-7-19(4)9-10/h8,10H,5-7,9H2,1-4H3,(H3,15,16,17,18). The number of aromatic nitrogens is 2. The Morgan fingerprint density at radius 1 is 1.37 bits per heavy atom. The maximum absolute atomic E-state index is 5.89. The van der Waals surface area contributed by atoms with Gasteiger partial charge in [-0.3, -0.25) is 0 Å². The van der Waals surface area contributed by atoms with Crippen molar-refractivity contribution in [1.29, 1.82) is 0 Å². The number of rotatable bonds is 2. The molecule has 3 N–H and O–H groups in total. The summed E-state index contributed by atoms with van der Waals surface area (Å²) in [6.45, 7) is 8.52. The molecule has 0 aromatic carbocycles. The summed E-state index contributed by atoms with van der Waals surface area (Å²) in [7, 11) is 2.16. The van der Waals surface area contributed by atoms with Gasteiger partial charge in [0.05, 0.1) is 0 Å². The van der Waals surface area contributed by atoms with Crippen molar-refractivity contribution >= 4 is 11.6 Å². The Bertz CT molecular complexity index is 438. The molecular weight excluding hydrogens is 238 g/mol. The van der Waals surface area contributed by atoms with E-state index in [-0.39, 0.29) is 5.41 Å². The predicted octanol–water partition coefficient (Wildman–Crippen LogP) is 1.86. The lowest BCUT2D eigenvalue weighted by atomic mass is 9.96. The first-order chi connectivity index (χ1) is 8.84. The molecule has 2 rings (SSSR count). The van der Waals surface area contributed by atoms with E-state index in [9.17, 15) is 0 Å². The summed E-state index contributed by atoms with van der Waals surface area (Å²) in [5.74, 6) is 2.17. The Labute approximate surface area is 115 Å². The van der Waals surface area contributed by atoms with Gasteiger partial charge in [0.1, 0.15) is 17.5 Å². The normalized spacial score (nSPS) is 21.4. The lowest BCUT2D eigenvalue weighted by Gasteiger charge is -2.30. The van der Waals surface area contributed by atoms with Crippen LogP contribution < -0.4 is 11.1 Å². The fourth-order valence-corrected chi connectivity index (χ4v) is 2.37. The van der Waals surface area contributed by atoms with Gasteiger partial charge in [0.25, 0.3) is 0 Å². The molecule has 0 amide bonds. The van der Waals surface area contributed by atoms with Crippen molar-refractivity contribution in [2.75, 3.05) is 31.2 Å². The summed E-state index contributed by atoms with van der Waals surface area (Å²) < 4.78 is 0. The average molecular weight is 263 g/mol. The third kappa shape index (κ3) is 3.80. The van der Waals surface area contributed by atoms with Crippen molar-refractivity contribution in [2.24, 2.45) is 0 Å². The van der Waals surface area contributed by atoms with Gasteiger partial charge in [0.15, 0.2) is 0 Å². The van der Waals surface area contributed by atoms with E-state index in [1.165, 1.54) is 19.4 Å². The van der Waals surface area contributed by atoms with Crippen molar-refractivity contribution in [3.63, 3.8) is 0 Å². The van der Waals surface area contributed by atoms with Crippen LogP contribution in [-0.4, -0.2) is 41.0 Å². The molecule has 1 saturated heterocycles. The number of hydrogen-bond acceptors (Lipinski definition) is 5. The molecule has 19 heavy (non-hydrogen) atoms. The minimum atomic E-state index is -0.0881. The van der Waals surface area contributed by atoms with Gasteiger partial charge in [-0.1, -0.05) is 20.8 Å². The summed E-state index contributed by atoms with van der Waals surface area (Å²) in [6.07, 6.45) is 2.40. The van der Waals surface area contributed by atoms with Crippen molar-refractivity contribution in [2.45, 2.75) is 45.1 Å². The van der Waals surface area contributed by atoms with E-state index in [0.717, 1.165) is 18.2 Å². The van der Waals surface area contributed by atoms with E-state index in [0.29, 0.717) is 11.9 Å².